The first-order valence-corrected chi connectivity index (χ1v) is 8.37. The van der Waals surface area contributed by atoms with Crippen LogP contribution in [0, 0.1) is 0 Å². The molecule has 0 atom stereocenters. The van der Waals surface area contributed by atoms with Gasteiger partial charge in [-0.3, -0.25) is 4.79 Å². The van der Waals surface area contributed by atoms with E-state index >= 15 is 0 Å². The smallest absolute Gasteiger partial charge is 0.409 e. The minimum absolute atomic E-state index is 0.185. The number of carbonyl (C=O) groups is 2. The molecule has 1 amide bonds. The predicted octanol–water partition coefficient (Wildman–Crippen LogP) is 4.19. The Morgan fingerprint density at radius 3 is 2.33 bits per heavy atom. The highest BCUT2D eigenvalue weighted by atomic mass is 35.5. The van der Waals surface area contributed by atoms with E-state index in [0.29, 0.717) is 29.2 Å². The average Bonchev–Trinajstić information content (AvgIpc) is 2.33. The van der Waals surface area contributed by atoms with E-state index in [0.717, 1.165) is 12.0 Å². The molecule has 0 radical (unpaired) electrons. The minimum atomic E-state index is -0.452. The van der Waals surface area contributed by atoms with Crippen LogP contribution in [0.5, 0.6) is 5.75 Å². The van der Waals surface area contributed by atoms with Crippen molar-refractivity contribution in [2.24, 2.45) is 0 Å². The van der Waals surface area contributed by atoms with Crippen LogP contribution < -0.4 is 4.74 Å². The molecule has 6 heteroatoms. The SMILES string of the molecule is COCc1c(C(C)=O)c(OC(=O)N2CCC2)cc(Cl)c1C(C)(C)C. The summed E-state index contributed by atoms with van der Waals surface area (Å²) < 4.78 is 10.8. The van der Waals surface area contributed by atoms with Crippen LogP contribution >= 0.6 is 11.6 Å². The topological polar surface area (TPSA) is 55.8 Å². The number of methoxy groups -OCH3 is 1. The van der Waals surface area contributed by atoms with Gasteiger partial charge in [-0.05, 0) is 29.9 Å². The Labute approximate surface area is 147 Å². The maximum atomic E-state index is 12.3. The number of hydrogen-bond donors (Lipinski definition) is 0. The van der Waals surface area contributed by atoms with Crippen molar-refractivity contribution < 1.29 is 19.1 Å². The summed E-state index contributed by atoms with van der Waals surface area (Å²) >= 11 is 6.47. The first-order chi connectivity index (χ1) is 11.2. The fourth-order valence-corrected chi connectivity index (χ4v) is 3.40. The van der Waals surface area contributed by atoms with Crippen molar-refractivity contribution in [1.82, 2.24) is 4.90 Å². The quantitative estimate of drug-likeness (QED) is 0.761. The molecule has 0 unspecified atom stereocenters. The third-order valence-electron chi connectivity index (χ3n) is 4.05. The maximum absolute atomic E-state index is 12.3. The number of nitrogens with zero attached hydrogens (tertiary/aromatic N) is 1. The molecular formula is C18H24ClNO4. The van der Waals surface area contributed by atoms with Crippen LogP contribution in [0.2, 0.25) is 5.02 Å². The number of ketones is 1. The zero-order valence-electron chi connectivity index (χ0n) is 14.9. The summed E-state index contributed by atoms with van der Waals surface area (Å²) in [6.07, 6.45) is 0.513. The maximum Gasteiger partial charge on any atom is 0.415 e. The number of hydrogen-bond acceptors (Lipinski definition) is 4. The van der Waals surface area contributed by atoms with E-state index in [9.17, 15) is 9.59 Å². The highest BCUT2D eigenvalue weighted by Crippen LogP contribution is 2.40. The van der Waals surface area contributed by atoms with Crippen LogP contribution in [0.4, 0.5) is 4.79 Å². The molecule has 1 aliphatic rings. The number of rotatable bonds is 4. The largest absolute Gasteiger partial charge is 0.415 e. The van der Waals surface area contributed by atoms with Crippen molar-refractivity contribution in [1.29, 1.82) is 0 Å². The Morgan fingerprint density at radius 1 is 1.29 bits per heavy atom. The Morgan fingerprint density at radius 2 is 1.92 bits per heavy atom. The molecule has 1 fully saturated rings. The first kappa shape index (κ1) is 18.7. The molecule has 5 nitrogen and oxygen atoms in total. The van der Waals surface area contributed by atoms with Gasteiger partial charge in [0.1, 0.15) is 5.75 Å². The van der Waals surface area contributed by atoms with Gasteiger partial charge in [0.25, 0.3) is 0 Å². The molecule has 2 rings (SSSR count). The van der Waals surface area contributed by atoms with Gasteiger partial charge in [-0.2, -0.15) is 0 Å². The molecule has 1 aromatic rings. The van der Waals surface area contributed by atoms with Crippen LogP contribution in [0.15, 0.2) is 6.07 Å². The molecular weight excluding hydrogens is 330 g/mol. The van der Waals surface area contributed by atoms with Crippen molar-refractivity contribution in [2.45, 2.75) is 46.1 Å². The zero-order chi connectivity index (χ0) is 18.1. The molecule has 1 aliphatic heterocycles. The van der Waals surface area contributed by atoms with Gasteiger partial charge >= 0.3 is 6.09 Å². The number of likely N-dealkylation sites (tertiary alicyclic amines) is 1. The monoisotopic (exact) mass is 353 g/mol. The van der Waals surface area contributed by atoms with E-state index < -0.39 is 6.09 Å². The lowest BCUT2D eigenvalue weighted by Gasteiger charge is -2.31. The van der Waals surface area contributed by atoms with Crippen LogP contribution in [-0.2, 0) is 16.8 Å². The Kier molecular flexibility index (Phi) is 5.56. The number of ether oxygens (including phenoxy) is 2. The second kappa shape index (κ2) is 7.11. The minimum Gasteiger partial charge on any atom is -0.409 e. The van der Waals surface area contributed by atoms with Gasteiger partial charge in [0.2, 0.25) is 0 Å². The number of halogens is 1. The van der Waals surface area contributed by atoms with Crippen LogP contribution in [0.25, 0.3) is 0 Å². The van der Waals surface area contributed by atoms with E-state index in [4.69, 9.17) is 21.1 Å². The summed E-state index contributed by atoms with van der Waals surface area (Å²) in [5.74, 6) is 0.0140. The van der Waals surface area contributed by atoms with E-state index in [1.807, 2.05) is 20.8 Å². The number of amides is 1. The second-order valence-electron chi connectivity index (χ2n) is 7.03. The molecule has 0 N–H and O–H groups in total. The summed E-state index contributed by atoms with van der Waals surface area (Å²) in [5.41, 5.74) is 1.59. The van der Waals surface area contributed by atoms with Crippen molar-refractivity contribution >= 4 is 23.5 Å². The summed E-state index contributed by atoms with van der Waals surface area (Å²) in [6.45, 7) is 9.07. The normalized spacial score (nSPS) is 14.3. The van der Waals surface area contributed by atoms with Crippen molar-refractivity contribution in [3.05, 3.63) is 27.8 Å². The Balaban J connectivity index is 2.58. The van der Waals surface area contributed by atoms with Crippen LogP contribution in [0.3, 0.4) is 0 Å². The molecule has 0 aliphatic carbocycles. The standard InChI is InChI=1S/C18H24ClNO4/c1-11(21)15-12(10-23-5)16(18(2,3)4)13(19)9-14(15)24-17(22)20-7-6-8-20/h9H,6-8,10H2,1-5H3. The third kappa shape index (κ3) is 3.73. The van der Waals surface area contributed by atoms with Crippen molar-refractivity contribution in [3.63, 3.8) is 0 Å². The first-order valence-electron chi connectivity index (χ1n) is 7.99. The van der Waals surface area contributed by atoms with Gasteiger partial charge in [-0.15, -0.1) is 0 Å². The fraction of sp³-hybridized carbons (Fsp3) is 0.556. The fourth-order valence-electron chi connectivity index (χ4n) is 2.90. The Hall–Kier alpha value is -1.59. The highest BCUT2D eigenvalue weighted by molar-refractivity contribution is 6.32. The molecule has 24 heavy (non-hydrogen) atoms. The second-order valence-corrected chi connectivity index (χ2v) is 7.44. The van der Waals surface area contributed by atoms with E-state index in [1.54, 1.807) is 18.1 Å². The van der Waals surface area contributed by atoms with Gasteiger partial charge in [0.15, 0.2) is 5.78 Å². The number of carbonyl (C=O) groups excluding carboxylic acids is 2. The third-order valence-corrected chi connectivity index (χ3v) is 4.35. The number of Topliss-reactive ketones (excluding diaryl/α,β-unsaturated/α-hetero) is 1. The van der Waals surface area contributed by atoms with Gasteiger partial charge in [0, 0.05) is 31.3 Å². The summed E-state index contributed by atoms with van der Waals surface area (Å²) in [5, 5.41) is 0.464. The summed E-state index contributed by atoms with van der Waals surface area (Å²) in [4.78, 5) is 26.0. The zero-order valence-corrected chi connectivity index (χ0v) is 15.6. The van der Waals surface area contributed by atoms with E-state index in [-0.39, 0.29) is 23.6 Å². The van der Waals surface area contributed by atoms with Gasteiger partial charge in [0.05, 0.1) is 12.2 Å². The average molecular weight is 354 g/mol. The lowest BCUT2D eigenvalue weighted by molar-refractivity contribution is 0.100. The highest BCUT2D eigenvalue weighted by Gasteiger charge is 2.30. The molecule has 0 aromatic heterocycles. The molecule has 0 bridgehead atoms. The van der Waals surface area contributed by atoms with Crippen molar-refractivity contribution in [2.75, 3.05) is 20.2 Å². The van der Waals surface area contributed by atoms with Gasteiger partial charge in [-0.25, -0.2) is 4.79 Å². The lowest BCUT2D eigenvalue weighted by atomic mass is 9.81. The van der Waals surface area contributed by atoms with Crippen LogP contribution in [-0.4, -0.2) is 37.0 Å². The number of benzene rings is 1. The van der Waals surface area contributed by atoms with Crippen LogP contribution in [0.1, 0.15) is 55.6 Å². The van der Waals surface area contributed by atoms with E-state index in [2.05, 4.69) is 0 Å². The van der Waals surface area contributed by atoms with Gasteiger partial charge < -0.3 is 14.4 Å². The molecule has 0 saturated carbocycles. The molecule has 132 valence electrons. The van der Waals surface area contributed by atoms with Crippen molar-refractivity contribution in [3.8, 4) is 5.75 Å². The van der Waals surface area contributed by atoms with E-state index in [1.165, 1.54) is 6.92 Å². The summed E-state index contributed by atoms with van der Waals surface area (Å²) in [6, 6.07) is 1.57. The Bertz CT molecular complexity index is 660. The molecule has 1 aromatic carbocycles. The molecule has 0 spiro atoms. The predicted molar refractivity (Wildman–Crippen MR) is 93.1 cm³/mol. The molecule has 1 heterocycles. The van der Waals surface area contributed by atoms with Gasteiger partial charge in [-0.1, -0.05) is 32.4 Å². The lowest BCUT2D eigenvalue weighted by Crippen LogP contribution is -2.43. The summed E-state index contributed by atoms with van der Waals surface area (Å²) in [7, 11) is 1.56. The molecule has 1 saturated heterocycles.